The molecule has 3 rings (SSSR count). The first-order chi connectivity index (χ1) is 11.9. The first-order valence-corrected chi connectivity index (χ1v) is 8.35. The summed E-state index contributed by atoms with van der Waals surface area (Å²) >= 11 is 0. The van der Waals surface area contributed by atoms with Crippen molar-refractivity contribution in [1.29, 1.82) is 0 Å². The molecule has 0 atom stereocenters. The molecule has 0 N–H and O–H groups in total. The number of carbonyl (C=O) groups is 2. The number of hydrogen-bond acceptors (Lipinski definition) is 2. The monoisotopic (exact) mass is 343 g/mol. The number of aryl methyl sites for hydroxylation is 1. The second kappa shape index (κ2) is 6.70. The van der Waals surface area contributed by atoms with E-state index in [4.69, 9.17) is 0 Å². The van der Waals surface area contributed by atoms with Gasteiger partial charge in [-0.25, -0.2) is 4.39 Å². The van der Waals surface area contributed by atoms with Crippen LogP contribution in [0.4, 0.5) is 4.39 Å². The maximum atomic E-state index is 13.3. The molecule has 1 aliphatic heterocycles. The Kier molecular flexibility index (Phi) is 4.61. The van der Waals surface area contributed by atoms with E-state index in [-0.39, 0.29) is 11.8 Å². The Bertz CT molecular complexity index is 820. The Labute approximate surface area is 146 Å². The van der Waals surface area contributed by atoms with Gasteiger partial charge in [0.25, 0.3) is 11.8 Å². The first kappa shape index (κ1) is 17.2. The summed E-state index contributed by atoms with van der Waals surface area (Å²) in [6.07, 6.45) is 0. The van der Waals surface area contributed by atoms with Crippen molar-refractivity contribution < 1.29 is 14.0 Å². The Morgan fingerprint density at radius 3 is 2.08 bits per heavy atom. The third kappa shape index (κ3) is 3.29. The van der Waals surface area contributed by atoms with Crippen molar-refractivity contribution in [3.63, 3.8) is 0 Å². The summed E-state index contributed by atoms with van der Waals surface area (Å²) in [6.45, 7) is 5.77. The fourth-order valence-electron chi connectivity index (χ4n) is 3.16. The highest BCUT2D eigenvalue weighted by Crippen LogP contribution is 2.17. The minimum atomic E-state index is -0.422. The van der Waals surface area contributed by atoms with Crippen molar-refractivity contribution in [3.05, 3.63) is 58.7 Å². The number of benzene rings is 1. The highest BCUT2D eigenvalue weighted by atomic mass is 19.1. The summed E-state index contributed by atoms with van der Waals surface area (Å²) in [6, 6.07) is 7.61. The van der Waals surface area contributed by atoms with Crippen molar-refractivity contribution in [2.75, 3.05) is 26.2 Å². The molecule has 1 fully saturated rings. The predicted octanol–water partition coefficient (Wildman–Crippen LogP) is 2.38. The minimum Gasteiger partial charge on any atom is -0.351 e. The lowest BCUT2D eigenvalue weighted by molar-refractivity contribution is 0.0535. The van der Waals surface area contributed by atoms with Gasteiger partial charge in [-0.3, -0.25) is 9.59 Å². The summed E-state index contributed by atoms with van der Waals surface area (Å²) < 4.78 is 15.3. The number of halogens is 1. The van der Waals surface area contributed by atoms with Gasteiger partial charge in [0, 0.05) is 50.2 Å². The van der Waals surface area contributed by atoms with Crippen molar-refractivity contribution in [2.45, 2.75) is 13.8 Å². The molecule has 1 aromatic heterocycles. The average Bonchev–Trinajstić information content (AvgIpc) is 2.88. The normalized spacial score (nSPS) is 14.7. The van der Waals surface area contributed by atoms with Crippen LogP contribution >= 0.6 is 0 Å². The molecule has 5 nitrogen and oxygen atoms in total. The van der Waals surface area contributed by atoms with Crippen molar-refractivity contribution in [3.8, 4) is 0 Å². The number of carbonyl (C=O) groups excluding carboxylic acids is 2. The van der Waals surface area contributed by atoms with Gasteiger partial charge in [-0.15, -0.1) is 0 Å². The fourth-order valence-corrected chi connectivity index (χ4v) is 3.16. The Morgan fingerprint density at radius 1 is 0.960 bits per heavy atom. The quantitative estimate of drug-likeness (QED) is 0.840. The van der Waals surface area contributed by atoms with Gasteiger partial charge < -0.3 is 14.4 Å². The second-order valence-electron chi connectivity index (χ2n) is 6.44. The van der Waals surface area contributed by atoms with Gasteiger partial charge in [-0.05, 0) is 38.1 Å². The molecule has 0 aliphatic carbocycles. The van der Waals surface area contributed by atoms with Crippen LogP contribution in [0.5, 0.6) is 0 Å². The molecule has 0 radical (unpaired) electrons. The zero-order valence-corrected chi connectivity index (χ0v) is 14.8. The van der Waals surface area contributed by atoms with Crippen molar-refractivity contribution in [1.82, 2.24) is 14.4 Å². The van der Waals surface area contributed by atoms with Gasteiger partial charge in [0.15, 0.2) is 0 Å². The van der Waals surface area contributed by atoms with Crippen LogP contribution in [0, 0.1) is 19.7 Å². The van der Waals surface area contributed by atoms with Crippen LogP contribution in [-0.2, 0) is 7.05 Å². The Hall–Kier alpha value is -2.63. The van der Waals surface area contributed by atoms with Gasteiger partial charge in [-0.1, -0.05) is 6.07 Å². The lowest BCUT2D eigenvalue weighted by Gasteiger charge is -2.34. The zero-order chi connectivity index (χ0) is 18.1. The second-order valence-corrected chi connectivity index (χ2v) is 6.44. The zero-order valence-electron chi connectivity index (χ0n) is 14.8. The number of aromatic nitrogens is 1. The Balaban J connectivity index is 1.66. The van der Waals surface area contributed by atoms with Gasteiger partial charge in [0.05, 0.1) is 5.56 Å². The van der Waals surface area contributed by atoms with E-state index >= 15 is 0 Å². The molecule has 1 aliphatic rings. The molecule has 0 bridgehead atoms. The molecular weight excluding hydrogens is 321 g/mol. The molecule has 0 spiro atoms. The number of nitrogens with zero attached hydrogens (tertiary/aromatic N) is 3. The van der Waals surface area contributed by atoms with E-state index in [1.54, 1.807) is 15.9 Å². The third-order valence-corrected chi connectivity index (χ3v) is 4.93. The first-order valence-electron chi connectivity index (χ1n) is 8.35. The van der Waals surface area contributed by atoms with E-state index < -0.39 is 5.82 Å². The van der Waals surface area contributed by atoms with Crippen molar-refractivity contribution >= 4 is 11.8 Å². The molecule has 0 unspecified atom stereocenters. The van der Waals surface area contributed by atoms with E-state index in [0.717, 1.165) is 11.4 Å². The summed E-state index contributed by atoms with van der Waals surface area (Å²) in [4.78, 5) is 28.6. The molecule has 2 aromatic rings. The van der Waals surface area contributed by atoms with Crippen LogP contribution in [0.25, 0.3) is 0 Å². The average molecular weight is 343 g/mol. The predicted molar refractivity (Wildman–Crippen MR) is 93.1 cm³/mol. The molecule has 6 heteroatoms. The standard InChI is InChI=1S/C19H22FN3O2/c1-13-11-17(14(2)21(13)3)19(25)23-9-7-22(8-10-23)18(24)15-5-4-6-16(20)12-15/h4-6,11-12H,7-10H2,1-3H3. The van der Waals surface area contributed by atoms with Gasteiger partial charge in [0.1, 0.15) is 5.82 Å². The van der Waals surface area contributed by atoms with Crippen LogP contribution in [0.3, 0.4) is 0 Å². The maximum Gasteiger partial charge on any atom is 0.255 e. The molecule has 25 heavy (non-hydrogen) atoms. The van der Waals surface area contributed by atoms with E-state index in [2.05, 4.69) is 0 Å². The summed E-state index contributed by atoms with van der Waals surface area (Å²) in [5.41, 5.74) is 3.04. The molecule has 132 valence electrons. The van der Waals surface area contributed by atoms with Crippen molar-refractivity contribution in [2.24, 2.45) is 7.05 Å². The van der Waals surface area contributed by atoms with Crippen LogP contribution in [-0.4, -0.2) is 52.4 Å². The lowest BCUT2D eigenvalue weighted by Crippen LogP contribution is -2.50. The smallest absolute Gasteiger partial charge is 0.255 e. The summed E-state index contributed by atoms with van der Waals surface area (Å²) in [5, 5.41) is 0. The molecular formula is C19H22FN3O2. The molecule has 0 saturated carbocycles. The lowest BCUT2D eigenvalue weighted by atomic mass is 10.1. The summed E-state index contributed by atoms with van der Waals surface area (Å²) in [5.74, 6) is -0.619. The molecule has 1 saturated heterocycles. The van der Waals surface area contributed by atoms with Gasteiger partial charge >= 0.3 is 0 Å². The van der Waals surface area contributed by atoms with Crippen LogP contribution in [0.2, 0.25) is 0 Å². The molecule has 2 amide bonds. The van der Waals surface area contributed by atoms with Gasteiger partial charge in [0.2, 0.25) is 0 Å². The van der Waals surface area contributed by atoms with Crippen LogP contribution < -0.4 is 0 Å². The largest absolute Gasteiger partial charge is 0.351 e. The number of rotatable bonds is 2. The Morgan fingerprint density at radius 2 is 1.56 bits per heavy atom. The van der Waals surface area contributed by atoms with Crippen LogP contribution in [0.15, 0.2) is 30.3 Å². The van der Waals surface area contributed by atoms with Gasteiger partial charge in [-0.2, -0.15) is 0 Å². The van der Waals surface area contributed by atoms with E-state index in [1.807, 2.05) is 31.5 Å². The van der Waals surface area contributed by atoms with Crippen LogP contribution in [0.1, 0.15) is 32.1 Å². The molecule has 1 aromatic carbocycles. The number of piperazine rings is 1. The highest BCUT2D eigenvalue weighted by Gasteiger charge is 2.27. The fraction of sp³-hybridized carbons (Fsp3) is 0.368. The topological polar surface area (TPSA) is 45.6 Å². The highest BCUT2D eigenvalue weighted by molar-refractivity contribution is 5.96. The third-order valence-electron chi connectivity index (χ3n) is 4.93. The maximum absolute atomic E-state index is 13.3. The minimum absolute atomic E-state index is 0.000875. The summed E-state index contributed by atoms with van der Waals surface area (Å²) in [7, 11) is 1.94. The number of hydrogen-bond donors (Lipinski definition) is 0. The van der Waals surface area contributed by atoms with E-state index in [9.17, 15) is 14.0 Å². The van der Waals surface area contributed by atoms with E-state index in [0.29, 0.717) is 37.3 Å². The van der Waals surface area contributed by atoms with E-state index in [1.165, 1.54) is 18.2 Å². The SMILES string of the molecule is Cc1cc(C(=O)N2CCN(C(=O)c3cccc(F)c3)CC2)c(C)n1C. The molecule has 2 heterocycles. The number of amides is 2.